The van der Waals surface area contributed by atoms with Gasteiger partial charge < -0.3 is 14.6 Å². The van der Waals surface area contributed by atoms with Crippen molar-refractivity contribution in [3.63, 3.8) is 0 Å². The third-order valence-electron chi connectivity index (χ3n) is 3.64. The van der Waals surface area contributed by atoms with Crippen LogP contribution in [0.2, 0.25) is 0 Å². The van der Waals surface area contributed by atoms with Crippen LogP contribution in [0.4, 0.5) is 0 Å². The molecule has 2 aromatic carbocycles. The predicted octanol–water partition coefficient (Wildman–Crippen LogP) is 3.60. The molecule has 0 saturated heterocycles. The van der Waals surface area contributed by atoms with Crippen molar-refractivity contribution in [1.29, 1.82) is 0 Å². The first-order valence-electron chi connectivity index (χ1n) is 7.95. The van der Waals surface area contributed by atoms with E-state index in [4.69, 9.17) is 21.7 Å². The number of aromatic nitrogens is 3. The molecule has 2 N–H and O–H groups in total. The lowest BCUT2D eigenvalue weighted by Crippen LogP contribution is -1.96. The van der Waals surface area contributed by atoms with Gasteiger partial charge >= 0.3 is 0 Å². The minimum atomic E-state index is 0.0105. The Hall–Kier alpha value is -3.13. The molecule has 134 valence electrons. The summed E-state index contributed by atoms with van der Waals surface area (Å²) >= 11 is 5.26. The topological polar surface area (TPSA) is 84.7 Å². The first-order chi connectivity index (χ1) is 12.6. The highest BCUT2D eigenvalue weighted by Crippen LogP contribution is 2.28. The lowest BCUT2D eigenvalue weighted by Gasteiger charge is -2.06. The molecule has 7 nitrogen and oxygen atoms in total. The van der Waals surface area contributed by atoms with Crippen molar-refractivity contribution in [1.82, 2.24) is 14.9 Å². The summed E-state index contributed by atoms with van der Waals surface area (Å²) in [5, 5.41) is 21.5. The lowest BCUT2D eigenvalue weighted by molar-refractivity contribution is 0.340. The van der Waals surface area contributed by atoms with E-state index in [-0.39, 0.29) is 5.75 Å². The van der Waals surface area contributed by atoms with Crippen LogP contribution in [0.3, 0.4) is 0 Å². The first-order valence-corrected chi connectivity index (χ1v) is 8.35. The molecule has 0 aliphatic rings. The second kappa shape index (κ2) is 7.83. The van der Waals surface area contributed by atoms with Crippen LogP contribution < -0.4 is 9.47 Å². The highest BCUT2D eigenvalue weighted by Gasteiger charge is 2.09. The van der Waals surface area contributed by atoms with Gasteiger partial charge in [0.2, 0.25) is 4.77 Å². The van der Waals surface area contributed by atoms with E-state index in [2.05, 4.69) is 15.3 Å². The summed E-state index contributed by atoms with van der Waals surface area (Å²) in [6, 6.07) is 12.6. The minimum Gasteiger partial charge on any atom is -0.504 e. The van der Waals surface area contributed by atoms with Crippen molar-refractivity contribution < 1.29 is 14.6 Å². The summed E-state index contributed by atoms with van der Waals surface area (Å²) in [6.07, 6.45) is 1.50. The molecule has 3 rings (SSSR count). The van der Waals surface area contributed by atoms with E-state index in [1.165, 1.54) is 18.0 Å². The molecular weight excluding hydrogens is 352 g/mol. The molecule has 1 aromatic heterocycles. The van der Waals surface area contributed by atoms with Crippen LogP contribution in [0.5, 0.6) is 17.2 Å². The Morgan fingerprint density at radius 2 is 2.04 bits per heavy atom. The summed E-state index contributed by atoms with van der Waals surface area (Å²) in [4.78, 5) is 0. The zero-order valence-corrected chi connectivity index (χ0v) is 15.2. The number of para-hydroxylation sites is 1. The van der Waals surface area contributed by atoms with E-state index >= 15 is 0 Å². The van der Waals surface area contributed by atoms with Crippen LogP contribution >= 0.6 is 12.2 Å². The summed E-state index contributed by atoms with van der Waals surface area (Å²) in [5.74, 6) is 1.71. The highest BCUT2D eigenvalue weighted by atomic mass is 32.1. The number of hydrogen-bond acceptors (Lipinski definition) is 6. The molecule has 0 aliphatic carbocycles. The second-order valence-electron chi connectivity index (χ2n) is 5.26. The number of ether oxygens (including phenoxy) is 2. The van der Waals surface area contributed by atoms with Gasteiger partial charge in [-0.05, 0) is 55.5 Å². The third-order valence-corrected chi connectivity index (χ3v) is 3.90. The Morgan fingerprint density at radius 1 is 1.27 bits per heavy atom. The fourth-order valence-corrected chi connectivity index (χ4v) is 2.56. The third kappa shape index (κ3) is 3.60. The number of nitrogens with zero attached hydrogens (tertiary/aromatic N) is 3. The number of phenols is 1. The number of phenolic OH excluding ortho intramolecular Hbond substituents is 1. The van der Waals surface area contributed by atoms with Gasteiger partial charge in [0, 0.05) is 11.1 Å². The van der Waals surface area contributed by atoms with E-state index < -0.39 is 0 Å². The van der Waals surface area contributed by atoms with Crippen molar-refractivity contribution in [3.8, 4) is 28.6 Å². The van der Waals surface area contributed by atoms with Gasteiger partial charge in [0.15, 0.2) is 17.3 Å². The molecule has 3 aromatic rings. The zero-order chi connectivity index (χ0) is 18.5. The fourth-order valence-electron chi connectivity index (χ4n) is 2.38. The number of methoxy groups -OCH3 is 1. The number of aromatic hydroxyl groups is 1. The summed E-state index contributed by atoms with van der Waals surface area (Å²) in [6.45, 7) is 2.54. The van der Waals surface area contributed by atoms with E-state index in [9.17, 15) is 5.11 Å². The number of benzene rings is 2. The van der Waals surface area contributed by atoms with Crippen molar-refractivity contribution in [2.45, 2.75) is 6.92 Å². The first kappa shape index (κ1) is 17.7. The van der Waals surface area contributed by atoms with Crippen molar-refractivity contribution in [2.75, 3.05) is 13.7 Å². The highest BCUT2D eigenvalue weighted by molar-refractivity contribution is 7.71. The van der Waals surface area contributed by atoms with Gasteiger partial charge in [-0.3, -0.25) is 0 Å². The Kier molecular flexibility index (Phi) is 5.33. The van der Waals surface area contributed by atoms with Crippen molar-refractivity contribution >= 4 is 18.4 Å². The van der Waals surface area contributed by atoms with E-state index in [1.807, 2.05) is 31.2 Å². The molecule has 26 heavy (non-hydrogen) atoms. The van der Waals surface area contributed by atoms with Gasteiger partial charge in [0.05, 0.1) is 19.9 Å². The largest absolute Gasteiger partial charge is 0.504 e. The monoisotopic (exact) mass is 370 g/mol. The minimum absolute atomic E-state index is 0.0105. The van der Waals surface area contributed by atoms with Gasteiger partial charge in [-0.1, -0.05) is 6.07 Å². The molecule has 0 spiro atoms. The number of H-pyrrole nitrogens is 1. The number of nitrogens with one attached hydrogen (secondary N) is 1. The number of rotatable bonds is 6. The molecule has 0 saturated carbocycles. The molecule has 0 atom stereocenters. The van der Waals surface area contributed by atoms with Crippen molar-refractivity contribution in [2.24, 2.45) is 5.10 Å². The average Bonchev–Trinajstić information content (AvgIpc) is 3.02. The molecule has 1 heterocycles. The molecule has 0 bridgehead atoms. The number of hydrogen-bond donors (Lipinski definition) is 2. The van der Waals surface area contributed by atoms with E-state index in [0.717, 1.165) is 11.3 Å². The zero-order valence-electron chi connectivity index (χ0n) is 14.3. The van der Waals surface area contributed by atoms with Gasteiger partial charge in [-0.2, -0.15) is 14.9 Å². The fraction of sp³-hybridized carbons (Fsp3) is 0.167. The van der Waals surface area contributed by atoms with Crippen LogP contribution in [-0.4, -0.2) is 39.9 Å². The van der Waals surface area contributed by atoms with Crippen LogP contribution in [0, 0.1) is 4.77 Å². The normalized spacial score (nSPS) is 11.0. The molecular formula is C18H18N4O3S. The molecule has 0 aliphatic heterocycles. The molecule has 0 unspecified atom stereocenters. The van der Waals surface area contributed by atoms with Gasteiger partial charge in [-0.25, -0.2) is 5.10 Å². The van der Waals surface area contributed by atoms with E-state index in [1.54, 1.807) is 18.2 Å². The number of aromatic amines is 1. The van der Waals surface area contributed by atoms with Crippen LogP contribution in [0.15, 0.2) is 47.6 Å². The second-order valence-corrected chi connectivity index (χ2v) is 5.65. The Balaban J connectivity index is 1.95. The average molecular weight is 370 g/mol. The van der Waals surface area contributed by atoms with Gasteiger partial charge in [0.25, 0.3) is 0 Å². The summed E-state index contributed by atoms with van der Waals surface area (Å²) in [5.41, 5.74) is 1.33. The summed E-state index contributed by atoms with van der Waals surface area (Å²) in [7, 11) is 1.49. The van der Waals surface area contributed by atoms with E-state index in [0.29, 0.717) is 28.5 Å². The SMILES string of the molecule is CCOc1ccc(-c2n[nH]c(=S)n2/N=C/c2cccc(OC)c2O)cc1. The van der Waals surface area contributed by atoms with Crippen LogP contribution in [0.1, 0.15) is 12.5 Å². The van der Waals surface area contributed by atoms with Crippen LogP contribution in [0.25, 0.3) is 11.4 Å². The van der Waals surface area contributed by atoms with Gasteiger partial charge in [-0.15, -0.1) is 0 Å². The van der Waals surface area contributed by atoms with Crippen LogP contribution in [-0.2, 0) is 0 Å². The maximum absolute atomic E-state index is 10.2. The smallest absolute Gasteiger partial charge is 0.216 e. The van der Waals surface area contributed by atoms with Gasteiger partial charge in [0.1, 0.15) is 5.75 Å². The standard InChI is InChI=1S/C18H18N4O3S/c1-3-25-14-9-7-12(8-10-14)17-20-21-18(26)22(17)19-11-13-5-4-6-15(24-2)16(13)23/h4-11,23H,3H2,1-2H3,(H,21,26)/b19-11+. The maximum Gasteiger partial charge on any atom is 0.216 e. The Bertz CT molecular complexity index is 977. The maximum atomic E-state index is 10.2. The predicted molar refractivity (Wildman–Crippen MR) is 102 cm³/mol. The Labute approximate surface area is 155 Å². The molecule has 8 heteroatoms. The summed E-state index contributed by atoms with van der Waals surface area (Å²) < 4.78 is 12.4. The van der Waals surface area contributed by atoms with Crippen molar-refractivity contribution in [3.05, 3.63) is 52.8 Å². The molecule has 0 amide bonds. The molecule has 0 radical (unpaired) electrons. The Morgan fingerprint density at radius 3 is 2.73 bits per heavy atom. The molecule has 0 fully saturated rings. The quantitative estimate of drug-likeness (QED) is 0.511. The lowest BCUT2D eigenvalue weighted by atomic mass is 10.2.